The van der Waals surface area contributed by atoms with E-state index in [4.69, 9.17) is 17.3 Å². The molecule has 0 amide bonds. The molecule has 2 aromatic heterocycles. The summed E-state index contributed by atoms with van der Waals surface area (Å²) < 4.78 is 0. The SMILES string of the molecule is Cl.N[C@@H]1c2ccccc2CC12CCN(c1cnc(Sc3cc[nH]c(=O)c3Cl)cn1)CC2. The summed E-state index contributed by atoms with van der Waals surface area (Å²) in [5.74, 6) is 0.871. The number of halogens is 2. The monoisotopic (exact) mass is 475 g/mol. The highest BCUT2D eigenvalue weighted by Gasteiger charge is 2.45. The molecule has 0 saturated carbocycles. The molecule has 1 aromatic carbocycles. The molecule has 1 aliphatic carbocycles. The zero-order valence-corrected chi connectivity index (χ0v) is 19.1. The van der Waals surface area contributed by atoms with Gasteiger partial charge in [0, 0.05) is 30.2 Å². The van der Waals surface area contributed by atoms with Crippen LogP contribution in [0, 0.1) is 5.41 Å². The Morgan fingerprint density at radius 2 is 1.94 bits per heavy atom. The number of anilines is 1. The lowest BCUT2D eigenvalue weighted by molar-refractivity contribution is 0.187. The minimum atomic E-state index is -0.305. The molecule has 0 bridgehead atoms. The molecule has 31 heavy (non-hydrogen) atoms. The summed E-state index contributed by atoms with van der Waals surface area (Å²) >= 11 is 7.40. The van der Waals surface area contributed by atoms with Crippen molar-refractivity contribution in [2.45, 2.75) is 35.2 Å². The predicted octanol–water partition coefficient (Wildman–Crippen LogP) is 4.23. The normalized spacial score (nSPS) is 19.2. The molecule has 162 valence electrons. The minimum absolute atomic E-state index is 0. The van der Waals surface area contributed by atoms with Gasteiger partial charge in [0.25, 0.3) is 5.56 Å². The van der Waals surface area contributed by atoms with Crippen LogP contribution < -0.4 is 16.2 Å². The third kappa shape index (κ3) is 4.07. The summed E-state index contributed by atoms with van der Waals surface area (Å²) in [6.07, 6.45) is 8.26. The Balaban J connectivity index is 0.00000231. The second kappa shape index (κ2) is 8.82. The quantitative estimate of drug-likeness (QED) is 0.588. The van der Waals surface area contributed by atoms with Crippen molar-refractivity contribution in [3.63, 3.8) is 0 Å². The first-order valence-corrected chi connectivity index (χ1v) is 11.2. The fourth-order valence-corrected chi connectivity index (χ4v) is 5.63. The van der Waals surface area contributed by atoms with Crippen molar-refractivity contribution in [3.8, 4) is 0 Å². The molecule has 3 heterocycles. The third-order valence-corrected chi connectivity index (χ3v) is 7.84. The van der Waals surface area contributed by atoms with E-state index < -0.39 is 0 Å². The van der Waals surface area contributed by atoms with Crippen molar-refractivity contribution in [1.82, 2.24) is 15.0 Å². The number of nitrogens with zero attached hydrogens (tertiary/aromatic N) is 3. The van der Waals surface area contributed by atoms with Crippen LogP contribution in [-0.4, -0.2) is 28.0 Å². The van der Waals surface area contributed by atoms with Crippen LogP contribution in [0.2, 0.25) is 5.02 Å². The number of aromatic nitrogens is 3. The van der Waals surface area contributed by atoms with Crippen LogP contribution in [-0.2, 0) is 6.42 Å². The number of aromatic amines is 1. The Labute approximate surface area is 196 Å². The molecule has 3 N–H and O–H groups in total. The lowest BCUT2D eigenvalue weighted by Gasteiger charge is -2.42. The number of benzene rings is 1. The number of nitrogens with one attached hydrogen (secondary N) is 1. The number of H-pyrrole nitrogens is 1. The summed E-state index contributed by atoms with van der Waals surface area (Å²) in [6, 6.07) is 10.5. The highest BCUT2D eigenvalue weighted by Crippen LogP contribution is 2.50. The maximum Gasteiger partial charge on any atom is 0.267 e. The van der Waals surface area contributed by atoms with Gasteiger partial charge in [-0.05, 0) is 41.9 Å². The van der Waals surface area contributed by atoms with E-state index in [2.05, 4.69) is 44.1 Å². The molecule has 2 aliphatic rings. The van der Waals surface area contributed by atoms with Crippen LogP contribution in [0.15, 0.2) is 63.6 Å². The van der Waals surface area contributed by atoms with Crippen LogP contribution in [0.25, 0.3) is 0 Å². The van der Waals surface area contributed by atoms with Crippen LogP contribution in [0.5, 0.6) is 0 Å². The zero-order chi connectivity index (χ0) is 20.7. The van der Waals surface area contributed by atoms with Crippen molar-refractivity contribution in [2.75, 3.05) is 18.0 Å². The summed E-state index contributed by atoms with van der Waals surface area (Å²) in [4.78, 5) is 26.3. The minimum Gasteiger partial charge on any atom is -0.355 e. The predicted molar refractivity (Wildman–Crippen MR) is 126 cm³/mol. The molecule has 0 radical (unpaired) electrons. The van der Waals surface area contributed by atoms with Crippen molar-refractivity contribution in [2.24, 2.45) is 11.1 Å². The highest BCUT2D eigenvalue weighted by molar-refractivity contribution is 7.99. The van der Waals surface area contributed by atoms with E-state index in [0.717, 1.165) is 38.2 Å². The molecule has 1 fully saturated rings. The van der Waals surface area contributed by atoms with E-state index in [0.29, 0.717) is 9.92 Å². The Kier molecular flexibility index (Phi) is 6.30. The number of rotatable bonds is 3. The molecule has 5 rings (SSSR count). The summed E-state index contributed by atoms with van der Waals surface area (Å²) in [6.45, 7) is 1.84. The number of hydrogen-bond acceptors (Lipinski definition) is 6. The van der Waals surface area contributed by atoms with Gasteiger partial charge in [-0.15, -0.1) is 12.4 Å². The van der Waals surface area contributed by atoms with Gasteiger partial charge in [0.2, 0.25) is 0 Å². The fourth-order valence-electron chi connectivity index (χ4n) is 4.64. The Morgan fingerprint density at radius 1 is 1.16 bits per heavy atom. The second-order valence-electron chi connectivity index (χ2n) is 8.00. The van der Waals surface area contributed by atoms with Gasteiger partial charge in [0.15, 0.2) is 0 Å². The molecule has 9 heteroatoms. The zero-order valence-electron chi connectivity index (χ0n) is 16.8. The lowest BCUT2D eigenvalue weighted by Crippen LogP contribution is -2.44. The molecule has 0 unspecified atom stereocenters. The maximum absolute atomic E-state index is 11.6. The first-order valence-electron chi connectivity index (χ1n) is 10.0. The van der Waals surface area contributed by atoms with Gasteiger partial charge >= 0.3 is 0 Å². The summed E-state index contributed by atoms with van der Waals surface area (Å²) in [5.41, 5.74) is 9.23. The van der Waals surface area contributed by atoms with E-state index in [9.17, 15) is 4.79 Å². The molecular formula is C22H23Cl2N5OS. The average molecular weight is 476 g/mol. The number of nitrogens with two attached hydrogens (primary N) is 1. The average Bonchev–Trinajstić information content (AvgIpc) is 3.04. The van der Waals surface area contributed by atoms with E-state index in [1.54, 1.807) is 24.7 Å². The van der Waals surface area contributed by atoms with Crippen molar-refractivity contribution >= 4 is 41.6 Å². The third-order valence-electron chi connectivity index (χ3n) is 6.37. The van der Waals surface area contributed by atoms with Gasteiger partial charge in [0.1, 0.15) is 15.9 Å². The molecular weight excluding hydrogens is 453 g/mol. The first kappa shape index (κ1) is 22.1. The van der Waals surface area contributed by atoms with Crippen LogP contribution in [0.3, 0.4) is 0 Å². The molecule has 1 saturated heterocycles. The Morgan fingerprint density at radius 3 is 2.65 bits per heavy atom. The van der Waals surface area contributed by atoms with Crippen LogP contribution in [0.1, 0.15) is 30.0 Å². The summed E-state index contributed by atoms with van der Waals surface area (Å²) in [5, 5.41) is 0.872. The second-order valence-corrected chi connectivity index (χ2v) is 9.44. The number of fused-ring (bicyclic) bond motifs is 1. The molecule has 1 aliphatic heterocycles. The van der Waals surface area contributed by atoms with Gasteiger partial charge in [-0.25, -0.2) is 9.97 Å². The maximum atomic E-state index is 11.6. The van der Waals surface area contributed by atoms with Crippen molar-refractivity contribution in [1.29, 1.82) is 0 Å². The largest absolute Gasteiger partial charge is 0.355 e. The number of hydrogen-bond donors (Lipinski definition) is 2. The Bertz CT molecular complexity index is 1130. The smallest absolute Gasteiger partial charge is 0.267 e. The van der Waals surface area contributed by atoms with E-state index in [1.807, 2.05) is 0 Å². The summed E-state index contributed by atoms with van der Waals surface area (Å²) in [7, 11) is 0. The Hall–Kier alpha value is -2.06. The van der Waals surface area contributed by atoms with E-state index in [1.165, 1.54) is 22.9 Å². The molecule has 6 nitrogen and oxygen atoms in total. The number of pyridine rings is 1. The van der Waals surface area contributed by atoms with Gasteiger partial charge in [-0.3, -0.25) is 4.79 Å². The fraction of sp³-hybridized carbons (Fsp3) is 0.318. The molecule has 3 aromatic rings. The number of piperidine rings is 1. The van der Waals surface area contributed by atoms with Gasteiger partial charge in [0.05, 0.1) is 12.4 Å². The van der Waals surface area contributed by atoms with Crippen LogP contribution in [0.4, 0.5) is 5.82 Å². The van der Waals surface area contributed by atoms with E-state index in [-0.39, 0.29) is 34.4 Å². The highest BCUT2D eigenvalue weighted by atomic mass is 35.5. The van der Waals surface area contributed by atoms with Gasteiger partial charge in [-0.2, -0.15) is 0 Å². The topological polar surface area (TPSA) is 87.9 Å². The molecule has 1 atom stereocenters. The van der Waals surface area contributed by atoms with Crippen molar-refractivity contribution in [3.05, 3.63) is 75.4 Å². The van der Waals surface area contributed by atoms with Gasteiger partial charge in [-0.1, -0.05) is 47.6 Å². The van der Waals surface area contributed by atoms with Crippen LogP contribution >= 0.6 is 35.8 Å². The van der Waals surface area contributed by atoms with Crippen molar-refractivity contribution < 1.29 is 0 Å². The molecule has 1 spiro atoms. The van der Waals surface area contributed by atoms with Gasteiger partial charge < -0.3 is 15.6 Å². The van der Waals surface area contributed by atoms with E-state index >= 15 is 0 Å². The lowest BCUT2D eigenvalue weighted by atomic mass is 9.73. The standard InChI is InChI=1S/C22H22ClN5OS.ClH/c23-19-16(5-8-25-21(19)29)30-18-13-26-17(12-27-18)28-9-6-22(7-10-28)11-14-3-1-2-4-15(14)20(22)24;/h1-5,8,12-13,20H,6-7,9-11,24H2,(H,25,29);1H/t20-;/m1./s1. The first-order chi connectivity index (χ1) is 14.6.